The highest BCUT2D eigenvalue weighted by molar-refractivity contribution is 7.71. The van der Waals surface area contributed by atoms with E-state index in [9.17, 15) is 5.11 Å². The molecule has 0 aliphatic rings. The van der Waals surface area contributed by atoms with E-state index < -0.39 is 0 Å². The summed E-state index contributed by atoms with van der Waals surface area (Å²) in [7, 11) is 2.88. The third-order valence-corrected chi connectivity index (χ3v) is 2.73. The third-order valence-electron chi connectivity index (χ3n) is 2.44. The van der Waals surface area contributed by atoms with E-state index in [1.165, 1.54) is 18.9 Å². The maximum absolute atomic E-state index is 9.80. The first-order valence-electron chi connectivity index (χ1n) is 4.96. The van der Waals surface area contributed by atoms with Gasteiger partial charge in [0.05, 0.1) is 14.2 Å². The van der Waals surface area contributed by atoms with Crippen LogP contribution in [-0.2, 0) is 0 Å². The summed E-state index contributed by atoms with van der Waals surface area (Å²) in [5.74, 6) is 6.59. The molecule has 2 rings (SSSR count). The number of rotatable bonds is 3. The molecular formula is C10H12N4O3S. The number of methoxy groups -OCH3 is 2. The lowest BCUT2D eigenvalue weighted by Gasteiger charge is -2.10. The van der Waals surface area contributed by atoms with E-state index in [1.54, 1.807) is 12.1 Å². The van der Waals surface area contributed by atoms with Crippen LogP contribution in [0.15, 0.2) is 12.1 Å². The molecule has 0 aliphatic carbocycles. The molecule has 0 radical (unpaired) electrons. The van der Waals surface area contributed by atoms with Gasteiger partial charge in [0.25, 0.3) is 0 Å². The fourth-order valence-electron chi connectivity index (χ4n) is 1.53. The highest BCUT2D eigenvalue weighted by Crippen LogP contribution is 2.39. The molecule has 0 saturated heterocycles. The van der Waals surface area contributed by atoms with Crippen LogP contribution in [0.2, 0.25) is 0 Å². The Kier molecular flexibility index (Phi) is 3.11. The smallest absolute Gasteiger partial charge is 0.214 e. The highest BCUT2D eigenvalue weighted by atomic mass is 32.1. The summed E-state index contributed by atoms with van der Waals surface area (Å²) in [6.07, 6.45) is 0. The molecule has 0 spiro atoms. The fraction of sp³-hybridized carbons (Fsp3) is 0.200. The summed E-state index contributed by atoms with van der Waals surface area (Å²) in [6.45, 7) is 0. The number of nitrogen functional groups attached to an aromatic ring is 1. The standard InChI is InChI=1S/C10H12N4O3S/c1-16-6-3-5(4-7(17-2)8(6)15)9-12-13-10(18)14(9)11/h3-4,15H,11H2,1-2H3,(H,13,18). The molecule has 0 fully saturated rings. The van der Waals surface area contributed by atoms with Crippen LogP contribution < -0.4 is 15.3 Å². The van der Waals surface area contributed by atoms with Gasteiger partial charge in [0.15, 0.2) is 17.3 Å². The lowest BCUT2D eigenvalue weighted by atomic mass is 10.1. The Labute approximate surface area is 108 Å². The van der Waals surface area contributed by atoms with Crippen molar-refractivity contribution < 1.29 is 14.6 Å². The number of benzene rings is 1. The van der Waals surface area contributed by atoms with Gasteiger partial charge in [-0.25, -0.2) is 9.77 Å². The molecule has 18 heavy (non-hydrogen) atoms. The van der Waals surface area contributed by atoms with Crippen molar-refractivity contribution >= 4 is 12.2 Å². The summed E-state index contributed by atoms with van der Waals surface area (Å²) < 4.78 is 11.6. The molecule has 0 amide bonds. The summed E-state index contributed by atoms with van der Waals surface area (Å²) in [5, 5.41) is 16.4. The first kappa shape index (κ1) is 12.2. The molecule has 7 nitrogen and oxygen atoms in total. The lowest BCUT2D eigenvalue weighted by molar-refractivity contribution is 0.340. The van der Waals surface area contributed by atoms with Gasteiger partial charge in [0.1, 0.15) is 0 Å². The number of hydrogen-bond acceptors (Lipinski definition) is 6. The minimum atomic E-state index is -0.0820. The van der Waals surface area contributed by atoms with Crippen molar-refractivity contribution in [1.82, 2.24) is 14.9 Å². The zero-order valence-corrected chi connectivity index (χ0v) is 10.6. The quantitative estimate of drug-likeness (QED) is 0.568. The topological polar surface area (TPSA) is 98.3 Å². The summed E-state index contributed by atoms with van der Waals surface area (Å²) in [4.78, 5) is 0. The second-order valence-electron chi connectivity index (χ2n) is 3.45. The number of aromatic nitrogens is 3. The fourth-order valence-corrected chi connectivity index (χ4v) is 1.66. The maximum Gasteiger partial charge on any atom is 0.214 e. The molecule has 0 aliphatic heterocycles. The van der Waals surface area contributed by atoms with Gasteiger partial charge in [-0.3, -0.25) is 0 Å². The Morgan fingerprint density at radius 2 is 1.89 bits per heavy atom. The molecule has 8 heteroatoms. The van der Waals surface area contributed by atoms with E-state index in [-0.39, 0.29) is 22.0 Å². The number of nitrogens with zero attached hydrogens (tertiary/aromatic N) is 2. The largest absolute Gasteiger partial charge is 0.502 e. The van der Waals surface area contributed by atoms with Crippen LogP contribution in [0.4, 0.5) is 0 Å². The molecule has 1 heterocycles. The van der Waals surface area contributed by atoms with Gasteiger partial charge < -0.3 is 20.4 Å². The number of phenols is 1. The second-order valence-corrected chi connectivity index (χ2v) is 3.84. The molecule has 0 atom stereocenters. The van der Waals surface area contributed by atoms with Crippen LogP contribution in [0.5, 0.6) is 17.2 Å². The average Bonchev–Trinajstić information content (AvgIpc) is 2.70. The molecule has 0 bridgehead atoms. The van der Waals surface area contributed by atoms with Crippen molar-refractivity contribution in [1.29, 1.82) is 0 Å². The predicted octanol–water partition coefficient (Wildman–Crippen LogP) is 1.04. The normalized spacial score (nSPS) is 10.3. The zero-order valence-electron chi connectivity index (χ0n) is 9.80. The van der Waals surface area contributed by atoms with Gasteiger partial charge in [-0.05, 0) is 24.4 Å². The number of aromatic amines is 1. The molecular weight excluding hydrogens is 256 g/mol. The summed E-state index contributed by atoms with van der Waals surface area (Å²) >= 11 is 4.93. The molecule has 1 aromatic carbocycles. The molecule has 0 saturated carbocycles. The molecule has 1 aromatic heterocycles. The van der Waals surface area contributed by atoms with Gasteiger partial charge in [-0.2, -0.15) is 5.10 Å². The summed E-state index contributed by atoms with van der Waals surface area (Å²) in [5.41, 5.74) is 0.608. The van der Waals surface area contributed by atoms with Gasteiger partial charge in [0.2, 0.25) is 10.5 Å². The zero-order chi connectivity index (χ0) is 13.3. The van der Waals surface area contributed by atoms with Crippen molar-refractivity contribution in [2.75, 3.05) is 20.1 Å². The Morgan fingerprint density at radius 1 is 1.33 bits per heavy atom. The number of H-pyrrole nitrogens is 1. The first-order valence-corrected chi connectivity index (χ1v) is 5.37. The average molecular weight is 268 g/mol. The van der Waals surface area contributed by atoms with E-state index in [4.69, 9.17) is 27.5 Å². The minimum absolute atomic E-state index is 0.0820. The molecule has 96 valence electrons. The van der Waals surface area contributed by atoms with Crippen LogP contribution in [0.25, 0.3) is 11.4 Å². The Hall–Kier alpha value is -2.22. The minimum Gasteiger partial charge on any atom is -0.502 e. The van der Waals surface area contributed by atoms with Crippen molar-refractivity contribution in [3.05, 3.63) is 16.9 Å². The van der Waals surface area contributed by atoms with Crippen LogP contribution in [-0.4, -0.2) is 34.2 Å². The molecule has 2 aromatic rings. The lowest BCUT2D eigenvalue weighted by Crippen LogP contribution is -2.10. The number of aromatic hydroxyl groups is 1. The van der Waals surface area contributed by atoms with E-state index in [1.807, 2.05) is 0 Å². The first-order chi connectivity index (χ1) is 8.58. The third kappa shape index (κ3) is 1.86. The van der Waals surface area contributed by atoms with Crippen LogP contribution >= 0.6 is 12.2 Å². The number of ether oxygens (including phenoxy) is 2. The number of nitrogens with two attached hydrogens (primary N) is 1. The Balaban J connectivity index is 2.65. The number of hydrogen-bond donors (Lipinski definition) is 3. The monoisotopic (exact) mass is 268 g/mol. The van der Waals surface area contributed by atoms with Crippen molar-refractivity contribution in [3.63, 3.8) is 0 Å². The van der Waals surface area contributed by atoms with Gasteiger partial charge in [-0.15, -0.1) is 0 Å². The van der Waals surface area contributed by atoms with Gasteiger partial charge in [0, 0.05) is 5.56 Å². The van der Waals surface area contributed by atoms with Crippen molar-refractivity contribution in [2.24, 2.45) is 0 Å². The Bertz CT molecular complexity index is 609. The van der Waals surface area contributed by atoms with Crippen LogP contribution in [0.1, 0.15) is 0 Å². The number of phenolic OH excluding ortho intramolecular Hbond substituents is 1. The van der Waals surface area contributed by atoms with Crippen LogP contribution in [0, 0.1) is 4.77 Å². The molecule has 0 unspecified atom stereocenters. The number of nitrogens with one attached hydrogen (secondary N) is 1. The second kappa shape index (κ2) is 4.57. The van der Waals surface area contributed by atoms with E-state index >= 15 is 0 Å². The Morgan fingerprint density at radius 3 is 2.28 bits per heavy atom. The van der Waals surface area contributed by atoms with E-state index in [0.29, 0.717) is 11.4 Å². The van der Waals surface area contributed by atoms with Crippen molar-refractivity contribution in [2.45, 2.75) is 0 Å². The van der Waals surface area contributed by atoms with Crippen molar-refractivity contribution in [3.8, 4) is 28.6 Å². The predicted molar refractivity (Wildman–Crippen MR) is 67.8 cm³/mol. The SMILES string of the molecule is COc1cc(-c2n[nH]c(=S)n2N)cc(OC)c1O. The van der Waals surface area contributed by atoms with Gasteiger partial charge >= 0.3 is 0 Å². The van der Waals surface area contributed by atoms with Crippen LogP contribution in [0.3, 0.4) is 0 Å². The van der Waals surface area contributed by atoms with Gasteiger partial charge in [-0.1, -0.05) is 0 Å². The van der Waals surface area contributed by atoms with E-state index in [0.717, 1.165) is 0 Å². The maximum atomic E-state index is 9.80. The molecule has 4 N–H and O–H groups in total. The highest BCUT2D eigenvalue weighted by Gasteiger charge is 2.15. The van der Waals surface area contributed by atoms with E-state index in [2.05, 4.69) is 10.2 Å². The summed E-state index contributed by atoms with van der Waals surface area (Å²) in [6, 6.07) is 3.18.